The molecule has 2 unspecified atom stereocenters. The number of hydrogen-bond acceptors (Lipinski definition) is 6. The van der Waals surface area contributed by atoms with Crippen molar-refractivity contribution >= 4 is 39.1 Å². The maximum Gasteiger partial charge on any atom is 0.319 e. The number of fused-ring (bicyclic) bond motifs is 5. The molecule has 9 heteroatoms. The highest BCUT2D eigenvalue weighted by Gasteiger charge is 2.56. The summed E-state index contributed by atoms with van der Waals surface area (Å²) in [6, 6.07) is 11.4. The lowest BCUT2D eigenvalue weighted by molar-refractivity contribution is 0.104. The molecule has 42 heavy (non-hydrogen) atoms. The summed E-state index contributed by atoms with van der Waals surface area (Å²) in [6.07, 6.45) is 8.23. The van der Waals surface area contributed by atoms with Gasteiger partial charge in [-0.05, 0) is 61.9 Å². The van der Waals surface area contributed by atoms with Crippen molar-refractivity contribution in [3.63, 3.8) is 0 Å². The predicted octanol–water partition coefficient (Wildman–Crippen LogP) is 6.78. The molecule has 8 rings (SSSR count). The molecule has 4 aromatic rings. The molecule has 0 spiro atoms. The molecule has 0 radical (unpaired) electrons. The van der Waals surface area contributed by atoms with Crippen LogP contribution in [-0.2, 0) is 0 Å². The zero-order valence-corrected chi connectivity index (χ0v) is 24.2. The lowest BCUT2D eigenvalue weighted by atomic mass is 9.90. The van der Waals surface area contributed by atoms with Crippen LogP contribution in [0.4, 0.5) is 10.2 Å². The molecule has 2 aromatic heterocycles. The van der Waals surface area contributed by atoms with Gasteiger partial charge in [0.15, 0.2) is 5.82 Å². The van der Waals surface area contributed by atoms with Gasteiger partial charge >= 0.3 is 6.01 Å². The van der Waals surface area contributed by atoms with Gasteiger partial charge in [0, 0.05) is 48.2 Å². The Bertz CT molecular complexity index is 1740. The van der Waals surface area contributed by atoms with E-state index < -0.39 is 5.82 Å². The van der Waals surface area contributed by atoms with Gasteiger partial charge in [-0.3, -0.25) is 9.88 Å². The second-order valence-electron chi connectivity index (χ2n) is 12.5. The van der Waals surface area contributed by atoms with E-state index in [1.165, 1.54) is 19.3 Å². The van der Waals surface area contributed by atoms with E-state index in [1.54, 1.807) is 6.20 Å². The van der Waals surface area contributed by atoms with Gasteiger partial charge in [-0.25, -0.2) is 11.0 Å². The van der Waals surface area contributed by atoms with E-state index in [0.29, 0.717) is 40.2 Å². The number of anilines is 1. The lowest BCUT2D eigenvalue weighted by Gasteiger charge is -2.34. The Morgan fingerprint density at radius 3 is 2.69 bits per heavy atom. The van der Waals surface area contributed by atoms with Crippen LogP contribution < -0.4 is 9.64 Å². The van der Waals surface area contributed by atoms with Crippen molar-refractivity contribution in [1.82, 2.24) is 19.9 Å². The molecule has 4 aliphatic rings. The first kappa shape index (κ1) is 26.1. The fourth-order valence-electron chi connectivity index (χ4n) is 8.24. The van der Waals surface area contributed by atoms with E-state index in [0.717, 1.165) is 56.2 Å². The smallest absolute Gasteiger partial charge is 0.319 e. The van der Waals surface area contributed by atoms with Crippen LogP contribution in [-0.4, -0.2) is 64.2 Å². The summed E-state index contributed by atoms with van der Waals surface area (Å²) in [5.74, 6) is 1.43. The molecular weight excluding hydrogens is 551 g/mol. The standard InChI is InChI=1S/C33H32ClFN6O/c1-36-26-11-14-41-13-4-12-33(26,41)19-42-32-38-30-24(31(39-32)40-17-20-9-10-21(15-20)18-40)16-37-29(28(30)35)23-7-2-5-22-6-3-8-25(34)27(22)23/h2-3,5-8,16,20-21,26H,4,9-15,17-19H2/t20?,21?,26-,33+/m0/s1. The summed E-state index contributed by atoms with van der Waals surface area (Å²) in [7, 11) is 0. The van der Waals surface area contributed by atoms with E-state index in [2.05, 4.69) is 19.6 Å². The fraction of sp³-hybridized carbons (Fsp3) is 0.455. The number of pyridine rings is 1. The molecule has 5 heterocycles. The van der Waals surface area contributed by atoms with E-state index in [-0.39, 0.29) is 28.8 Å². The number of piperidine rings is 1. The molecule has 0 N–H and O–H groups in total. The molecule has 4 atom stereocenters. The molecule has 3 saturated heterocycles. The summed E-state index contributed by atoms with van der Waals surface area (Å²) in [4.78, 5) is 22.9. The van der Waals surface area contributed by atoms with E-state index >= 15 is 4.39 Å². The maximum atomic E-state index is 16.7. The number of aromatic nitrogens is 3. The van der Waals surface area contributed by atoms with Crippen LogP contribution in [0.5, 0.6) is 6.01 Å². The molecule has 7 nitrogen and oxygen atoms in total. The van der Waals surface area contributed by atoms with Gasteiger partial charge in [0.05, 0.1) is 5.39 Å². The Morgan fingerprint density at radius 1 is 1.07 bits per heavy atom. The third-order valence-electron chi connectivity index (χ3n) is 10.2. The first-order valence-electron chi connectivity index (χ1n) is 15.1. The molecule has 3 aliphatic heterocycles. The van der Waals surface area contributed by atoms with Crippen molar-refractivity contribution in [3.05, 3.63) is 64.9 Å². The Hall–Kier alpha value is -3.54. The van der Waals surface area contributed by atoms with Crippen molar-refractivity contribution < 1.29 is 9.13 Å². The molecule has 1 saturated carbocycles. The summed E-state index contributed by atoms with van der Waals surface area (Å²) in [5.41, 5.74) is 0.713. The average Bonchev–Trinajstić information content (AvgIpc) is 3.68. The zero-order chi connectivity index (χ0) is 28.4. The van der Waals surface area contributed by atoms with Gasteiger partial charge < -0.3 is 14.5 Å². The first-order chi connectivity index (χ1) is 20.5. The van der Waals surface area contributed by atoms with Crippen molar-refractivity contribution in [2.75, 3.05) is 37.7 Å². The molecule has 4 fully saturated rings. The summed E-state index contributed by atoms with van der Waals surface area (Å²) >= 11 is 6.61. The number of rotatable bonds is 5. The quantitative estimate of drug-likeness (QED) is 0.242. The van der Waals surface area contributed by atoms with Crippen molar-refractivity contribution in [3.8, 4) is 17.3 Å². The largest absolute Gasteiger partial charge is 0.461 e. The third kappa shape index (κ3) is 4.05. The summed E-state index contributed by atoms with van der Waals surface area (Å²) in [5, 5.41) is 2.82. The van der Waals surface area contributed by atoms with Crippen LogP contribution in [0.2, 0.25) is 5.02 Å². The molecule has 214 valence electrons. The van der Waals surface area contributed by atoms with Crippen LogP contribution >= 0.6 is 11.6 Å². The topological polar surface area (TPSA) is 58.7 Å². The first-order valence-corrected chi connectivity index (χ1v) is 15.4. The number of halogens is 2. The Labute approximate surface area is 249 Å². The summed E-state index contributed by atoms with van der Waals surface area (Å²) in [6.45, 7) is 11.8. The monoisotopic (exact) mass is 582 g/mol. The lowest BCUT2D eigenvalue weighted by Crippen LogP contribution is -2.49. The molecule has 2 aromatic carbocycles. The summed E-state index contributed by atoms with van der Waals surface area (Å²) < 4.78 is 23.0. The highest BCUT2D eigenvalue weighted by Crippen LogP contribution is 2.43. The minimum Gasteiger partial charge on any atom is -0.461 e. The number of hydrogen-bond donors (Lipinski definition) is 0. The molecule has 2 bridgehead atoms. The molecule has 1 aliphatic carbocycles. The van der Waals surface area contributed by atoms with Crippen LogP contribution in [0.3, 0.4) is 0 Å². The van der Waals surface area contributed by atoms with Gasteiger partial charge in [0.2, 0.25) is 6.04 Å². The van der Waals surface area contributed by atoms with Gasteiger partial charge in [0.25, 0.3) is 0 Å². The zero-order valence-electron chi connectivity index (χ0n) is 23.4. The van der Waals surface area contributed by atoms with Crippen molar-refractivity contribution in [2.45, 2.75) is 50.1 Å². The second-order valence-corrected chi connectivity index (χ2v) is 12.9. The van der Waals surface area contributed by atoms with Crippen LogP contribution in [0.1, 0.15) is 38.5 Å². The number of benzene rings is 2. The number of ether oxygens (including phenoxy) is 1. The second kappa shape index (κ2) is 10.0. The van der Waals surface area contributed by atoms with Crippen LogP contribution in [0.15, 0.2) is 42.6 Å². The Balaban J connectivity index is 1.25. The molecule has 0 amide bonds. The van der Waals surface area contributed by atoms with Gasteiger partial charge in [0.1, 0.15) is 29.2 Å². The van der Waals surface area contributed by atoms with Crippen LogP contribution in [0.25, 0.3) is 37.8 Å². The minimum atomic E-state index is -0.506. The van der Waals surface area contributed by atoms with Gasteiger partial charge in [-0.2, -0.15) is 9.97 Å². The SMILES string of the molecule is [C-]#[N+][C@H]1CCN2CCC[C@@]12COc1nc(N2CC3CCC(C3)C2)c2cnc(-c3cccc4cccc(Cl)c34)c(F)c2n1. The van der Waals surface area contributed by atoms with Gasteiger partial charge in [-0.1, -0.05) is 41.9 Å². The highest BCUT2D eigenvalue weighted by atomic mass is 35.5. The van der Waals surface area contributed by atoms with E-state index in [1.807, 2.05) is 36.4 Å². The van der Waals surface area contributed by atoms with Crippen LogP contribution in [0, 0.1) is 24.2 Å². The Kier molecular flexibility index (Phi) is 6.24. The maximum absolute atomic E-state index is 16.7. The van der Waals surface area contributed by atoms with E-state index in [9.17, 15) is 0 Å². The third-order valence-corrected chi connectivity index (χ3v) is 10.5. The minimum absolute atomic E-state index is 0.110. The Morgan fingerprint density at radius 2 is 1.88 bits per heavy atom. The van der Waals surface area contributed by atoms with Gasteiger partial charge in [-0.15, -0.1) is 0 Å². The highest BCUT2D eigenvalue weighted by molar-refractivity contribution is 6.36. The van der Waals surface area contributed by atoms with Crippen molar-refractivity contribution in [1.29, 1.82) is 0 Å². The van der Waals surface area contributed by atoms with Crippen molar-refractivity contribution in [2.24, 2.45) is 11.8 Å². The normalized spacial score (nSPS) is 27.1. The molecular formula is C33H32ClFN6O. The predicted molar refractivity (Wildman–Crippen MR) is 162 cm³/mol. The average molecular weight is 583 g/mol. The fourth-order valence-corrected chi connectivity index (χ4v) is 8.52. The number of nitrogens with zero attached hydrogens (tertiary/aromatic N) is 6. The van der Waals surface area contributed by atoms with E-state index in [4.69, 9.17) is 32.9 Å².